The molecule has 5 nitrogen and oxygen atoms in total. The lowest BCUT2D eigenvalue weighted by Crippen LogP contribution is -2.23. The van der Waals surface area contributed by atoms with E-state index in [0.717, 1.165) is 37.0 Å². The van der Waals surface area contributed by atoms with E-state index in [2.05, 4.69) is 16.4 Å². The molecule has 0 radical (unpaired) electrons. The van der Waals surface area contributed by atoms with Crippen molar-refractivity contribution in [3.05, 3.63) is 34.3 Å². The average molecular weight is 259 g/mol. The number of H-pyrrole nitrogens is 1. The number of benzene rings is 1. The fourth-order valence-electron chi connectivity index (χ4n) is 1.94. The van der Waals surface area contributed by atoms with Crippen LogP contribution in [0.2, 0.25) is 0 Å². The number of nitrogens with one attached hydrogen (secondary N) is 2. The first kappa shape index (κ1) is 13.4. The van der Waals surface area contributed by atoms with Crippen LogP contribution < -0.4 is 11.1 Å². The zero-order chi connectivity index (χ0) is 13.7. The molecule has 19 heavy (non-hydrogen) atoms. The first-order chi connectivity index (χ1) is 9.22. The van der Waals surface area contributed by atoms with Gasteiger partial charge in [0.25, 0.3) is 0 Å². The maximum atomic E-state index is 11.0. The molecule has 0 fully saturated rings. The lowest BCUT2D eigenvalue weighted by atomic mass is 10.1. The highest BCUT2D eigenvalue weighted by atomic mass is 16.4. The number of aromatic amines is 1. The van der Waals surface area contributed by atoms with Gasteiger partial charge < -0.3 is 9.73 Å². The zero-order valence-corrected chi connectivity index (χ0v) is 10.9. The Labute approximate surface area is 111 Å². The smallest absolute Gasteiger partial charge is 0.408 e. The van der Waals surface area contributed by atoms with Gasteiger partial charge in [0.1, 0.15) is 0 Å². The molecule has 0 aliphatic carbocycles. The van der Waals surface area contributed by atoms with Crippen molar-refractivity contribution in [1.82, 2.24) is 10.3 Å². The summed E-state index contributed by atoms with van der Waals surface area (Å²) < 4.78 is 4.95. The minimum Gasteiger partial charge on any atom is -0.408 e. The summed E-state index contributed by atoms with van der Waals surface area (Å²) in [6.07, 6.45) is 1.72. The molecule has 0 aliphatic heterocycles. The third-order valence-corrected chi connectivity index (χ3v) is 3.14. The molecule has 0 bridgehead atoms. The number of oxazole rings is 1. The Hall–Kier alpha value is -2.06. The molecule has 0 aliphatic rings. The molecule has 0 spiro atoms. The molecule has 1 aromatic carbocycles. The van der Waals surface area contributed by atoms with E-state index in [1.807, 2.05) is 19.1 Å². The Morgan fingerprint density at radius 2 is 2.37 bits per heavy atom. The second-order valence-corrected chi connectivity index (χ2v) is 4.53. The second kappa shape index (κ2) is 6.21. The van der Waals surface area contributed by atoms with Crippen LogP contribution in [0.5, 0.6) is 0 Å². The van der Waals surface area contributed by atoms with Gasteiger partial charge in [0.2, 0.25) is 0 Å². The average Bonchev–Trinajstić information content (AvgIpc) is 2.78. The summed E-state index contributed by atoms with van der Waals surface area (Å²) in [4.78, 5) is 13.7. The summed E-state index contributed by atoms with van der Waals surface area (Å²) in [5, 5.41) is 12.1. The summed E-state index contributed by atoms with van der Waals surface area (Å²) in [5.74, 6) is -0.349. The molecular formula is C14H17N3O2. The van der Waals surface area contributed by atoms with E-state index < -0.39 is 5.76 Å². The van der Waals surface area contributed by atoms with Gasteiger partial charge in [-0.25, -0.2) is 4.79 Å². The number of fused-ring (bicyclic) bond motifs is 1. The molecule has 0 amide bonds. The van der Waals surface area contributed by atoms with Gasteiger partial charge in [0.15, 0.2) is 5.58 Å². The predicted octanol–water partition coefficient (Wildman–Crippen LogP) is 1.80. The molecular weight excluding hydrogens is 242 g/mol. The fraction of sp³-hybridized carbons (Fsp3) is 0.429. The van der Waals surface area contributed by atoms with Crippen LogP contribution in [0.25, 0.3) is 11.1 Å². The molecule has 2 rings (SSSR count). The number of rotatable bonds is 6. The highest BCUT2D eigenvalue weighted by Crippen LogP contribution is 2.12. The van der Waals surface area contributed by atoms with Crippen molar-refractivity contribution in [3.63, 3.8) is 0 Å². The van der Waals surface area contributed by atoms with Gasteiger partial charge in [-0.2, -0.15) is 5.26 Å². The van der Waals surface area contributed by atoms with Gasteiger partial charge in [-0.3, -0.25) is 4.98 Å². The van der Waals surface area contributed by atoms with Crippen molar-refractivity contribution in [2.45, 2.75) is 19.8 Å². The lowest BCUT2D eigenvalue weighted by molar-refractivity contribution is 0.553. The van der Waals surface area contributed by atoms with Gasteiger partial charge in [0.05, 0.1) is 17.5 Å². The molecule has 1 aromatic heterocycles. The van der Waals surface area contributed by atoms with Gasteiger partial charge in [-0.05, 0) is 37.1 Å². The van der Waals surface area contributed by atoms with Crippen LogP contribution in [0.15, 0.2) is 27.4 Å². The van der Waals surface area contributed by atoms with E-state index in [-0.39, 0.29) is 5.92 Å². The summed E-state index contributed by atoms with van der Waals surface area (Å²) in [6, 6.07) is 7.93. The number of hydrogen-bond acceptors (Lipinski definition) is 4. The summed E-state index contributed by atoms with van der Waals surface area (Å²) in [5.41, 5.74) is 2.44. The quantitative estimate of drug-likeness (QED) is 0.775. The largest absolute Gasteiger partial charge is 0.417 e. The van der Waals surface area contributed by atoms with Crippen LogP contribution in [-0.4, -0.2) is 18.1 Å². The van der Waals surface area contributed by atoms with Crippen molar-refractivity contribution >= 4 is 11.1 Å². The summed E-state index contributed by atoms with van der Waals surface area (Å²) in [7, 11) is 0. The summed E-state index contributed by atoms with van der Waals surface area (Å²) in [6.45, 7) is 3.54. The lowest BCUT2D eigenvalue weighted by Gasteiger charge is -2.07. The molecule has 100 valence electrons. The van der Waals surface area contributed by atoms with Crippen LogP contribution >= 0.6 is 0 Å². The number of nitriles is 1. The Balaban J connectivity index is 1.88. The first-order valence-electron chi connectivity index (χ1n) is 6.45. The zero-order valence-electron chi connectivity index (χ0n) is 10.9. The molecule has 1 unspecified atom stereocenters. The highest BCUT2D eigenvalue weighted by molar-refractivity contribution is 5.72. The van der Waals surface area contributed by atoms with Gasteiger partial charge in [-0.1, -0.05) is 13.0 Å². The number of nitrogens with zero attached hydrogens (tertiary/aromatic N) is 1. The van der Waals surface area contributed by atoms with Crippen LogP contribution in [0, 0.1) is 17.2 Å². The normalized spacial score (nSPS) is 12.4. The second-order valence-electron chi connectivity index (χ2n) is 4.53. The van der Waals surface area contributed by atoms with Crippen LogP contribution in [0.3, 0.4) is 0 Å². The van der Waals surface area contributed by atoms with Gasteiger partial charge >= 0.3 is 5.76 Å². The third-order valence-electron chi connectivity index (χ3n) is 3.14. The van der Waals surface area contributed by atoms with Crippen molar-refractivity contribution < 1.29 is 4.42 Å². The Bertz CT molecular complexity index is 636. The van der Waals surface area contributed by atoms with Crippen LogP contribution in [-0.2, 0) is 6.42 Å². The SMILES string of the molecule is CCC(C#N)CNCCc1ccc2oc(=O)[nH]c2c1. The van der Waals surface area contributed by atoms with E-state index in [0.29, 0.717) is 5.58 Å². The first-order valence-corrected chi connectivity index (χ1v) is 6.45. The number of hydrogen-bond donors (Lipinski definition) is 2. The molecule has 1 atom stereocenters. The fourth-order valence-corrected chi connectivity index (χ4v) is 1.94. The van der Waals surface area contributed by atoms with Gasteiger partial charge in [0, 0.05) is 6.54 Å². The molecule has 1 heterocycles. The number of aromatic nitrogens is 1. The maximum absolute atomic E-state index is 11.0. The van der Waals surface area contributed by atoms with Crippen LogP contribution in [0.1, 0.15) is 18.9 Å². The van der Waals surface area contributed by atoms with Crippen molar-refractivity contribution in [2.75, 3.05) is 13.1 Å². The molecule has 5 heteroatoms. The minimum atomic E-state index is -0.426. The molecule has 2 aromatic rings. The van der Waals surface area contributed by atoms with E-state index in [9.17, 15) is 4.79 Å². The van der Waals surface area contributed by atoms with E-state index in [4.69, 9.17) is 9.68 Å². The van der Waals surface area contributed by atoms with Crippen molar-refractivity contribution in [3.8, 4) is 6.07 Å². The Morgan fingerprint density at radius 1 is 1.53 bits per heavy atom. The standard InChI is InChI=1S/C14H17N3O2/c1-2-10(8-15)9-16-6-5-11-3-4-13-12(7-11)17-14(18)19-13/h3-4,7,10,16H,2,5-6,9H2,1H3,(H,17,18). The van der Waals surface area contributed by atoms with Gasteiger partial charge in [-0.15, -0.1) is 0 Å². The van der Waals surface area contributed by atoms with E-state index >= 15 is 0 Å². The predicted molar refractivity (Wildman–Crippen MR) is 72.8 cm³/mol. The highest BCUT2D eigenvalue weighted by Gasteiger charge is 2.04. The Morgan fingerprint density at radius 3 is 3.11 bits per heavy atom. The molecule has 0 saturated carbocycles. The Kier molecular flexibility index (Phi) is 4.37. The molecule has 2 N–H and O–H groups in total. The van der Waals surface area contributed by atoms with E-state index in [1.54, 1.807) is 6.07 Å². The van der Waals surface area contributed by atoms with E-state index in [1.165, 1.54) is 0 Å². The van der Waals surface area contributed by atoms with Crippen molar-refractivity contribution in [1.29, 1.82) is 5.26 Å². The van der Waals surface area contributed by atoms with Crippen molar-refractivity contribution in [2.24, 2.45) is 5.92 Å². The third kappa shape index (κ3) is 3.46. The monoisotopic (exact) mass is 259 g/mol. The molecule has 0 saturated heterocycles. The minimum absolute atomic E-state index is 0.0766. The van der Waals surface area contributed by atoms with Crippen LogP contribution in [0.4, 0.5) is 0 Å². The summed E-state index contributed by atoms with van der Waals surface area (Å²) >= 11 is 0. The topological polar surface area (TPSA) is 81.8 Å². The maximum Gasteiger partial charge on any atom is 0.417 e.